The van der Waals surface area contributed by atoms with E-state index in [9.17, 15) is 22.0 Å². The standard InChI is InChI=1S/C17H17F2NO5S/c18-13-1-5-15(6-2-13)24-11-12-25-17(21)9-10-20-26(22,23)16-7-3-14(19)4-8-16/h1-8,20H,9-12H2. The number of halogens is 2. The Hall–Kier alpha value is -2.52. The Morgan fingerprint density at radius 3 is 2.12 bits per heavy atom. The van der Waals surface area contributed by atoms with Crippen molar-refractivity contribution < 1.29 is 31.5 Å². The number of rotatable bonds is 9. The normalized spacial score (nSPS) is 11.2. The van der Waals surface area contributed by atoms with Crippen LogP contribution in [0.1, 0.15) is 6.42 Å². The van der Waals surface area contributed by atoms with Gasteiger partial charge in [0.15, 0.2) is 0 Å². The maximum Gasteiger partial charge on any atom is 0.307 e. The second-order valence-corrected chi connectivity index (χ2v) is 6.89. The molecule has 0 aromatic heterocycles. The summed E-state index contributed by atoms with van der Waals surface area (Å²) in [6, 6.07) is 9.70. The van der Waals surface area contributed by atoms with Crippen LogP contribution in [-0.4, -0.2) is 34.1 Å². The molecule has 0 aliphatic rings. The number of esters is 1. The minimum absolute atomic E-state index is 0.0269. The molecule has 0 radical (unpaired) electrons. The van der Waals surface area contributed by atoms with E-state index >= 15 is 0 Å². The zero-order valence-electron chi connectivity index (χ0n) is 13.7. The maximum absolute atomic E-state index is 12.8. The molecule has 2 aromatic rings. The van der Waals surface area contributed by atoms with E-state index in [-0.39, 0.29) is 36.9 Å². The van der Waals surface area contributed by atoms with Gasteiger partial charge in [-0.3, -0.25) is 4.79 Å². The smallest absolute Gasteiger partial charge is 0.307 e. The summed E-state index contributed by atoms with van der Waals surface area (Å²) >= 11 is 0. The van der Waals surface area contributed by atoms with Crippen molar-refractivity contribution >= 4 is 16.0 Å². The molecule has 0 heterocycles. The van der Waals surface area contributed by atoms with Crippen LogP contribution in [0.4, 0.5) is 8.78 Å². The third-order valence-electron chi connectivity index (χ3n) is 3.17. The van der Waals surface area contributed by atoms with Crippen LogP contribution < -0.4 is 9.46 Å². The quantitative estimate of drug-likeness (QED) is 0.529. The van der Waals surface area contributed by atoms with Gasteiger partial charge in [0, 0.05) is 6.54 Å². The summed E-state index contributed by atoms with van der Waals surface area (Å²) in [5, 5.41) is 0. The minimum atomic E-state index is -3.82. The van der Waals surface area contributed by atoms with Crippen molar-refractivity contribution in [3.05, 3.63) is 60.2 Å². The largest absolute Gasteiger partial charge is 0.490 e. The Morgan fingerprint density at radius 1 is 0.923 bits per heavy atom. The molecule has 2 rings (SSSR count). The number of sulfonamides is 1. The Kier molecular flexibility index (Phi) is 7.05. The SMILES string of the molecule is O=C(CCNS(=O)(=O)c1ccc(F)cc1)OCCOc1ccc(F)cc1. The zero-order valence-corrected chi connectivity index (χ0v) is 14.5. The summed E-state index contributed by atoms with van der Waals surface area (Å²) in [4.78, 5) is 11.5. The van der Waals surface area contributed by atoms with Gasteiger partial charge in [-0.1, -0.05) is 0 Å². The zero-order chi connectivity index (χ0) is 19.0. The first kappa shape index (κ1) is 19.8. The fourth-order valence-electron chi connectivity index (χ4n) is 1.90. The van der Waals surface area contributed by atoms with Gasteiger partial charge in [-0.2, -0.15) is 0 Å². The van der Waals surface area contributed by atoms with Gasteiger partial charge in [0.1, 0.15) is 30.6 Å². The third-order valence-corrected chi connectivity index (χ3v) is 4.65. The number of carbonyl (C=O) groups excluding carboxylic acids is 1. The van der Waals surface area contributed by atoms with Gasteiger partial charge < -0.3 is 9.47 Å². The monoisotopic (exact) mass is 385 g/mol. The average Bonchev–Trinajstić information content (AvgIpc) is 2.60. The molecular weight excluding hydrogens is 368 g/mol. The molecule has 2 aromatic carbocycles. The number of hydrogen-bond acceptors (Lipinski definition) is 5. The Bertz CT molecular complexity index is 823. The lowest BCUT2D eigenvalue weighted by Crippen LogP contribution is -2.27. The Balaban J connectivity index is 1.65. The molecule has 0 saturated carbocycles. The van der Waals surface area contributed by atoms with Crippen LogP contribution in [0, 0.1) is 11.6 Å². The van der Waals surface area contributed by atoms with Gasteiger partial charge in [0.25, 0.3) is 0 Å². The van der Waals surface area contributed by atoms with Gasteiger partial charge in [-0.05, 0) is 48.5 Å². The first-order valence-electron chi connectivity index (χ1n) is 7.66. The summed E-state index contributed by atoms with van der Waals surface area (Å²) in [7, 11) is -3.82. The number of benzene rings is 2. The summed E-state index contributed by atoms with van der Waals surface area (Å²) in [6.07, 6.45) is -0.170. The predicted molar refractivity (Wildman–Crippen MR) is 89.1 cm³/mol. The van der Waals surface area contributed by atoms with E-state index in [1.54, 1.807) is 0 Å². The van der Waals surface area contributed by atoms with Gasteiger partial charge in [-0.15, -0.1) is 0 Å². The molecule has 0 atom stereocenters. The molecule has 0 aliphatic heterocycles. The van der Waals surface area contributed by atoms with Crippen LogP contribution >= 0.6 is 0 Å². The van der Waals surface area contributed by atoms with E-state index in [0.717, 1.165) is 24.3 Å². The molecular formula is C17H17F2NO5S. The minimum Gasteiger partial charge on any atom is -0.490 e. The maximum atomic E-state index is 12.8. The van der Waals surface area contributed by atoms with Crippen molar-refractivity contribution in [1.82, 2.24) is 4.72 Å². The molecule has 1 N–H and O–H groups in total. The Labute approximate surface area is 149 Å². The summed E-state index contributed by atoms with van der Waals surface area (Å²) < 4.78 is 61.8. The summed E-state index contributed by atoms with van der Waals surface area (Å²) in [5.41, 5.74) is 0. The lowest BCUT2D eigenvalue weighted by Gasteiger charge is -2.08. The van der Waals surface area contributed by atoms with Gasteiger partial charge >= 0.3 is 5.97 Å². The van der Waals surface area contributed by atoms with Crippen LogP contribution in [0.15, 0.2) is 53.4 Å². The number of carbonyl (C=O) groups is 1. The molecule has 0 bridgehead atoms. The predicted octanol–water partition coefficient (Wildman–Crippen LogP) is 2.26. The van der Waals surface area contributed by atoms with Crippen LogP contribution in [0.2, 0.25) is 0 Å². The van der Waals surface area contributed by atoms with E-state index in [1.807, 2.05) is 0 Å². The lowest BCUT2D eigenvalue weighted by atomic mass is 10.3. The van der Waals surface area contributed by atoms with Crippen LogP contribution in [0.25, 0.3) is 0 Å². The molecule has 26 heavy (non-hydrogen) atoms. The fraction of sp³-hybridized carbons (Fsp3) is 0.235. The Morgan fingerprint density at radius 2 is 1.50 bits per heavy atom. The molecule has 0 fully saturated rings. The molecule has 6 nitrogen and oxygen atoms in total. The highest BCUT2D eigenvalue weighted by atomic mass is 32.2. The first-order chi connectivity index (χ1) is 12.4. The van der Waals surface area contributed by atoms with Gasteiger partial charge in [-0.25, -0.2) is 21.9 Å². The molecule has 140 valence electrons. The highest BCUT2D eigenvalue weighted by Gasteiger charge is 2.14. The van der Waals surface area contributed by atoms with E-state index in [0.29, 0.717) is 5.75 Å². The van der Waals surface area contributed by atoms with E-state index in [4.69, 9.17) is 9.47 Å². The second kappa shape index (κ2) is 9.25. The van der Waals surface area contributed by atoms with Crippen molar-refractivity contribution in [3.63, 3.8) is 0 Å². The average molecular weight is 385 g/mol. The summed E-state index contributed by atoms with van der Waals surface area (Å²) in [5.74, 6) is -1.09. The van der Waals surface area contributed by atoms with Crippen molar-refractivity contribution in [2.45, 2.75) is 11.3 Å². The third kappa shape index (κ3) is 6.41. The topological polar surface area (TPSA) is 81.7 Å². The first-order valence-corrected chi connectivity index (χ1v) is 9.14. The van der Waals surface area contributed by atoms with Crippen LogP contribution in [0.3, 0.4) is 0 Å². The number of hydrogen-bond donors (Lipinski definition) is 1. The fourth-order valence-corrected chi connectivity index (χ4v) is 2.93. The van der Waals surface area contributed by atoms with Crippen molar-refractivity contribution in [2.24, 2.45) is 0 Å². The molecule has 0 amide bonds. The number of ether oxygens (including phenoxy) is 2. The molecule has 0 unspecified atom stereocenters. The van der Waals surface area contributed by atoms with Crippen molar-refractivity contribution in [1.29, 1.82) is 0 Å². The summed E-state index contributed by atoms with van der Waals surface area (Å²) in [6.45, 7) is -0.100. The van der Waals surface area contributed by atoms with Crippen LogP contribution in [0.5, 0.6) is 5.75 Å². The van der Waals surface area contributed by atoms with Gasteiger partial charge in [0.2, 0.25) is 10.0 Å². The molecule has 0 spiro atoms. The molecule has 0 aliphatic carbocycles. The lowest BCUT2D eigenvalue weighted by molar-refractivity contribution is -0.144. The van der Waals surface area contributed by atoms with Crippen molar-refractivity contribution in [3.8, 4) is 5.75 Å². The second-order valence-electron chi connectivity index (χ2n) is 5.12. The molecule has 9 heteroatoms. The molecule has 0 saturated heterocycles. The van der Waals surface area contributed by atoms with E-state index in [2.05, 4.69) is 4.72 Å². The van der Waals surface area contributed by atoms with Crippen LogP contribution in [-0.2, 0) is 19.6 Å². The van der Waals surface area contributed by atoms with E-state index in [1.165, 1.54) is 24.3 Å². The number of nitrogens with one attached hydrogen (secondary N) is 1. The van der Waals surface area contributed by atoms with Gasteiger partial charge in [0.05, 0.1) is 11.3 Å². The highest BCUT2D eigenvalue weighted by Crippen LogP contribution is 2.11. The van der Waals surface area contributed by atoms with E-state index < -0.39 is 21.8 Å². The van der Waals surface area contributed by atoms with Crippen molar-refractivity contribution in [2.75, 3.05) is 19.8 Å². The highest BCUT2D eigenvalue weighted by molar-refractivity contribution is 7.89.